The molecule has 0 spiro atoms. The molecule has 2 heteroatoms. The average molecular weight is 214 g/mol. The van der Waals surface area contributed by atoms with Crippen LogP contribution in [0.4, 0.5) is 0 Å². The first-order valence-electron chi connectivity index (χ1n) is 5.64. The van der Waals surface area contributed by atoms with E-state index in [1.54, 1.807) is 0 Å². The Bertz CT molecular complexity index is 488. The normalized spacial score (nSPS) is 27.3. The van der Waals surface area contributed by atoms with Crippen LogP contribution >= 0.6 is 0 Å². The Hall–Kier alpha value is -1.57. The zero-order valence-electron chi connectivity index (χ0n) is 9.32. The summed E-state index contributed by atoms with van der Waals surface area (Å²) in [6.07, 6.45) is 1.72. The van der Waals surface area contributed by atoms with Gasteiger partial charge in [-0.3, -0.25) is 4.79 Å². The molecule has 1 fully saturated rings. The lowest BCUT2D eigenvalue weighted by molar-refractivity contribution is -0.140. The molecule has 0 radical (unpaired) electrons. The number of ether oxygens (including phenoxy) is 1. The van der Waals surface area contributed by atoms with Crippen LogP contribution in [0.1, 0.15) is 29.9 Å². The van der Waals surface area contributed by atoms with E-state index in [4.69, 9.17) is 4.74 Å². The van der Waals surface area contributed by atoms with Crippen molar-refractivity contribution in [2.75, 3.05) is 0 Å². The molecule has 1 aromatic carbocycles. The Morgan fingerprint density at radius 2 is 2.06 bits per heavy atom. The quantitative estimate of drug-likeness (QED) is 0.377. The minimum atomic E-state index is -0.0833. The molecule has 0 amide bonds. The molecule has 2 atom stereocenters. The highest BCUT2D eigenvalue weighted by Gasteiger charge is 2.42. The number of carbonyl (C=O) groups excluding carboxylic acids is 1. The first-order chi connectivity index (χ1) is 7.65. The zero-order chi connectivity index (χ0) is 11.3. The van der Waals surface area contributed by atoms with E-state index < -0.39 is 0 Å². The summed E-state index contributed by atoms with van der Waals surface area (Å²) in [4.78, 5) is 11.8. The van der Waals surface area contributed by atoms with Crippen LogP contribution in [-0.4, -0.2) is 5.97 Å². The van der Waals surface area contributed by atoms with E-state index in [9.17, 15) is 4.79 Å². The summed E-state index contributed by atoms with van der Waals surface area (Å²) in [5.74, 6) is 0.956. The Morgan fingerprint density at radius 1 is 1.31 bits per heavy atom. The van der Waals surface area contributed by atoms with E-state index >= 15 is 0 Å². The molecule has 3 rings (SSSR count). The third kappa shape index (κ3) is 1.29. The van der Waals surface area contributed by atoms with Crippen molar-refractivity contribution in [2.45, 2.75) is 25.7 Å². The summed E-state index contributed by atoms with van der Waals surface area (Å²) in [5.41, 5.74) is 3.57. The minimum absolute atomic E-state index is 0.00167. The molecule has 1 aromatic rings. The van der Waals surface area contributed by atoms with Crippen molar-refractivity contribution in [3.63, 3.8) is 0 Å². The molecule has 0 N–H and O–H groups in total. The molecular formula is C14H14O2. The summed E-state index contributed by atoms with van der Waals surface area (Å²) in [6, 6.07) is 6.02. The molecule has 2 aliphatic rings. The van der Waals surface area contributed by atoms with Crippen molar-refractivity contribution in [3.05, 3.63) is 41.5 Å². The largest absolute Gasteiger partial charge is 0.426 e. The number of esters is 1. The fourth-order valence-corrected chi connectivity index (χ4v) is 2.80. The summed E-state index contributed by atoms with van der Waals surface area (Å²) in [7, 11) is 0. The molecule has 1 unspecified atom stereocenters. The second-order valence-electron chi connectivity index (χ2n) is 4.83. The molecular weight excluding hydrogens is 200 g/mol. The topological polar surface area (TPSA) is 26.3 Å². The van der Waals surface area contributed by atoms with Crippen LogP contribution in [0.3, 0.4) is 0 Å². The SMILES string of the molecule is C=C1CC2C(=O)Oc3ccc(C)cc3[C@H]2C1. The Kier molecular flexibility index (Phi) is 1.93. The van der Waals surface area contributed by atoms with E-state index in [-0.39, 0.29) is 11.9 Å². The van der Waals surface area contributed by atoms with Crippen molar-refractivity contribution in [2.24, 2.45) is 5.92 Å². The number of hydrogen-bond donors (Lipinski definition) is 0. The van der Waals surface area contributed by atoms with Crippen LogP contribution < -0.4 is 4.74 Å². The number of hydrogen-bond acceptors (Lipinski definition) is 2. The lowest BCUT2D eigenvalue weighted by Gasteiger charge is -2.26. The Labute approximate surface area is 94.9 Å². The summed E-state index contributed by atoms with van der Waals surface area (Å²) in [6.45, 7) is 6.07. The van der Waals surface area contributed by atoms with Crippen molar-refractivity contribution in [1.82, 2.24) is 0 Å². The first kappa shape index (κ1) is 9.64. The van der Waals surface area contributed by atoms with Gasteiger partial charge >= 0.3 is 5.97 Å². The predicted octanol–water partition coefficient (Wildman–Crippen LogP) is 2.96. The van der Waals surface area contributed by atoms with E-state index in [2.05, 4.69) is 19.6 Å². The minimum Gasteiger partial charge on any atom is -0.426 e. The molecule has 2 nitrogen and oxygen atoms in total. The van der Waals surface area contributed by atoms with Crippen LogP contribution in [0.15, 0.2) is 30.4 Å². The highest BCUT2D eigenvalue weighted by Crippen LogP contribution is 2.48. The van der Waals surface area contributed by atoms with Gasteiger partial charge in [0.2, 0.25) is 0 Å². The maximum Gasteiger partial charge on any atom is 0.315 e. The number of benzene rings is 1. The molecule has 0 bridgehead atoms. The van der Waals surface area contributed by atoms with E-state index in [0.29, 0.717) is 5.92 Å². The van der Waals surface area contributed by atoms with Gasteiger partial charge in [-0.25, -0.2) is 0 Å². The maximum absolute atomic E-state index is 11.8. The summed E-state index contributed by atoms with van der Waals surface area (Å²) < 4.78 is 5.37. The number of rotatable bonds is 0. The lowest BCUT2D eigenvalue weighted by atomic mass is 9.85. The Balaban J connectivity index is 2.12. The molecule has 82 valence electrons. The van der Waals surface area contributed by atoms with Gasteiger partial charge < -0.3 is 4.74 Å². The number of fused-ring (bicyclic) bond motifs is 3. The van der Waals surface area contributed by atoms with Crippen molar-refractivity contribution in [1.29, 1.82) is 0 Å². The zero-order valence-corrected chi connectivity index (χ0v) is 9.32. The van der Waals surface area contributed by atoms with Crippen molar-refractivity contribution >= 4 is 5.97 Å². The Morgan fingerprint density at radius 3 is 2.88 bits per heavy atom. The van der Waals surface area contributed by atoms with Gasteiger partial charge in [0.05, 0.1) is 5.92 Å². The third-order valence-corrected chi connectivity index (χ3v) is 3.58. The van der Waals surface area contributed by atoms with Crippen LogP contribution in [0.25, 0.3) is 0 Å². The van der Waals surface area contributed by atoms with Gasteiger partial charge in [0, 0.05) is 5.92 Å². The molecule has 1 aliphatic carbocycles. The predicted molar refractivity (Wildman–Crippen MR) is 61.4 cm³/mol. The number of carbonyl (C=O) groups is 1. The first-order valence-corrected chi connectivity index (χ1v) is 5.64. The van der Waals surface area contributed by atoms with Gasteiger partial charge in [-0.15, -0.1) is 0 Å². The standard InChI is InChI=1S/C14H14O2/c1-8-3-4-13-11(5-8)10-6-9(2)7-12(10)14(15)16-13/h3-5,10,12H,2,6-7H2,1H3/t10-,12?/m1/s1. The van der Waals surface area contributed by atoms with Gasteiger partial charge in [-0.1, -0.05) is 29.8 Å². The smallest absolute Gasteiger partial charge is 0.315 e. The second-order valence-corrected chi connectivity index (χ2v) is 4.83. The van der Waals surface area contributed by atoms with Crippen molar-refractivity contribution < 1.29 is 9.53 Å². The van der Waals surface area contributed by atoms with Crippen molar-refractivity contribution in [3.8, 4) is 5.75 Å². The lowest BCUT2D eigenvalue weighted by Crippen LogP contribution is -2.28. The van der Waals surface area contributed by atoms with Gasteiger partial charge in [0.25, 0.3) is 0 Å². The highest BCUT2D eigenvalue weighted by molar-refractivity contribution is 5.80. The number of allylic oxidation sites excluding steroid dienone is 1. The second kappa shape index (κ2) is 3.21. The van der Waals surface area contributed by atoms with E-state index in [0.717, 1.165) is 18.6 Å². The highest BCUT2D eigenvalue weighted by atomic mass is 16.5. The average Bonchev–Trinajstić information content (AvgIpc) is 2.62. The number of aryl methyl sites for hydroxylation is 1. The van der Waals surface area contributed by atoms with Crippen LogP contribution in [-0.2, 0) is 4.79 Å². The fourth-order valence-electron chi connectivity index (χ4n) is 2.80. The molecule has 1 heterocycles. The molecule has 1 saturated carbocycles. The monoisotopic (exact) mass is 214 g/mol. The fraction of sp³-hybridized carbons (Fsp3) is 0.357. The summed E-state index contributed by atoms with van der Waals surface area (Å²) >= 11 is 0. The summed E-state index contributed by atoms with van der Waals surface area (Å²) in [5, 5.41) is 0. The van der Waals surface area contributed by atoms with E-state index in [1.165, 1.54) is 16.7 Å². The van der Waals surface area contributed by atoms with E-state index in [1.807, 2.05) is 12.1 Å². The molecule has 0 saturated heterocycles. The van der Waals surface area contributed by atoms with Gasteiger partial charge in [-0.05, 0) is 31.4 Å². The third-order valence-electron chi connectivity index (χ3n) is 3.58. The molecule has 1 aliphatic heterocycles. The maximum atomic E-state index is 11.8. The van der Waals surface area contributed by atoms with Crippen LogP contribution in [0, 0.1) is 12.8 Å². The van der Waals surface area contributed by atoms with Gasteiger partial charge in [0.1, 0.15) is 5.75 Å². The molecule has 16 heavy (non-hydrogen) atoms. The van der Waals surface area contributed by atoms with Gasteiger partial charge in [0.15, 0.2) is 0 Å². The van der Waals surface area contributed by atoms with Gasteiger partial charge in [-0.2, -0.15) is 0 Å². The molecule has 0 aromatic heterocycles. The van der Waals surface area contributed by atoms with Crippen LogP contribution in [0.5, 0.6) is 5.75 Å². The van der Waals surface area contributed by atoms with Crippen LogP contribution in [0.2, 0.25) is 0 Å².